The van der Waals surface area contributed by atoms with E-state index in [9.17, 15) is 0 Å². The normalized spacial score (nSPS) is 11.8. The third-order valence-corrected chi connectivity index (χ3v) is 2.76. The number of benzene rings is 1. The lowest BCUT2D eigenvalue weighted by Gasteiger charge is -2.32. The molecule has 0 N–H and O–H groups in total. The van der Waals surface area contributed by atoms with Crippen molar-refractivity contribution in [3.05, 3.63) is 35.4 Å². The highest BCUT2D eigenvalue weighted by Crippen LogP contribution is 2.23. The van der Waals surface area contributed by atoms with E-state index in [0.29, 0.717) is 26.2 Å². The largest absolute Gasteiger partial charge is 0.327 e. The number of hydrogen-bond donors (Lipinski definition) is 0. The molecule has 0 atom stereocenters. The Morgan fingerprint density at radius 3 is 1.83 bits per heavy atom. The molecule has 0 heterocycles. The summed E-state index contributed by atoms with van der Waals surface area (Å²) in [6, 6.07) is 8.23. The Balaban J connectivity index is 2.91. The van der Waals surface area contributed by atoms with E-state index < -0.39 is 5.97 Å². The lowest BCUT2D eigenvalue weighted by Crippen LogP contribution is -2.42. The van der Waals surface area contributed by atoms with Crippen LogP contribution in [0.4, 0.5) is 0 Å². The quantitative estimate of drug-likeness (QED) is 0.664. The summed E-state index contributed by atoms with van der Waals surface area (Å²) in [7, 11) is 0. The second-order valence-corrected chi connectivity index (χ2v) is 4.09. The van der Waals surface area contributed by atoms with Gasteiger partial charge in [0.2, 0.25) is 0 Å². The van der Waals surface area contributed by atoms with Crippen LogP contribution in [0.1, 0.15) is 31.9 Å². The van der Waals surface area contributed by atoms with Crippen molar-refractivity contribution in [2.75, 3.05) is 19.8 Å². The summed E-state index contributed by atoms with van der Waals surface area (Å²) in [6.45, 7) is 9.62. The van der Waals surface area contributed by atoms with E-state index >= 15 is 0 Å². The molecule has 0 amide bonds. The molecule has 1 rings (SSSR count). The molecule has 0 saturated heterocycles. The molecule has 1 aromatic rings. The van der Waals surface area contributed by atoms with Crippen LogP contribution in [0.15, 0.2) is 24.3 Å². The predicted octanol–water partition coefficient (Wildman–Crippen LogP) is 3.30. The van der Waals surface area contributed by atoms with Gasteiger partial charge in [0.1, 0.15) is 0 Å². The number of hydrogen-bond acceptors (Lipinski definition) is 3. The Morgan fingerprint density at radius 2 is 1.39 bits per heavy atom. The number of aryl methyl sites for hydroxylation is 1. The second kappa shape index (κ2) is 7.52. The van der Waals surface area contributed by atoms with E-state index in [-0.39, 0.29) is 0 Å². The minimum atomic E-state index is -0.954. The highest BCUT2D eigenvalue weighted by molar-refractivity contribution is 5.26. The molecule has 0 aliphatic heterocycles. The first kappa shape index (κ1) is 15.2. The molecule has 0 bridgehead atoms. The van der Waals surface area contributed by atoms with Gasteiger partial charge >= 0.3 is 0 Å². The van der Waals surface area contributed by atoms with E-state index in [1.807, 2.05) is 32.9 Å². The van der Waals surface area contributed by atoms with Gasteiger partial charge in [-0.05, 0) is 38.8 Å². The lowest BCUT2D eigenvalue weighted by molar-refractivity contribution is -0.376. The average molecular weight is 252 g/mol. The van der Waals surface area contributed by atoms with Crippen molar-refractivity contribution in [3.63, 3.8) is 0 Å². The Kier molecular flexibility index (Phi) is 6.33. The fourth-order valence-electron chi connectivity index (χ4n) is 1.98. The van der Waals surface area contributed by atoms with Crippen LogP contribution in [0, 0.1) is 6.92 Å². The van der Waals surface area contributed by atoms with Gasteiger partial charge in [-0.25, -0.2) is 0 Å². The maximum absolute atomic E-state index is 5.72. The van der Waals surface area contributed by atoms with E-state index in [1.165, 1.54) is 11.1 Å². The first-order valence-corrected chi connectivity index (χ1v) is 6.63. The fourth-order valence-corrected chi connectivity index (χ4v) is 1.98. The molecule has 3 heteroatoms. The van der Waals surface area contributed by atoms with Gasteiger partial charge in [0, 0.05) is 19.8 Å². The van der Waals surface area contributed by atoms with Crippen LogP contribution in [-0.4, -0.2) is 25.8 Å². The SMILES string of the molecule is CCOC(Cc1ccccc1C)(OCC)OCC. The van der Waals surface area contributed by atoms with Crippen molar-refractivity contribution < 1.29 is 14.2 Å². The molecule has 0 spiro atoms. The highest BCUT2D eigenvalue weighted by atomic mass is 16.9. The van der Waals surface area contributed by atoms with E-state index in [4.69, 9.17) is 14.2 Å². The van der Waals surface area contributed by atoms with Crippen LogP contribution < -0.4 is 0 Å². The fraction of sp³-hybridized carbons (Fsp3) is 0.600. The molecule has 0 unspecified atom stereocenters. The molecule has 1 aromatic carbocycles. The zero-order valence-electron chi connectivity index (χ0n) is 11.9. The topological polar surface area (TPSA) is 27.7 Å². The Bertz CT molecular complexity index is 332. The summed E-state index contributed by atoms with van der Waals surface area (Å²) in [6.07, 6.45) is 0.606. The monoisotopic (exact) mass is 252 g/mol. The summed E-state index contributed by atoms with van der Waals surface area (Å²) in [5.74, 6) is -0.954. The highest BCUT2D eigenvalue weighted by Gasteiger charge is 2.33. The van der Waals surface area contributed by atoms with Crippen molar-refractivity contribution in [2.24, 2.45) is 0 Å². The van der Waals surface area contributed by atoms with Crippen molar-refractivity contribution in [3.8, 4) is 0 Å². The van der Waals surface area contributed by atoms with Crippen molar-refractivity contribution >= 4 is 0 Å². The van der Waals surface area contributed by atoms with Crippen LogP contribution in [0.5, 0.6) is 0 Å². The number of ether oxygens (including phenoxy) is 3. The standard InChI is InChI=1S/C15H24O3/c1-5-16-15(17-6-2,18-7-3)12-14-11-9-8-10-13(14)4/h8-11H,5-7,12H2,1-4H3. The minimum Gasteiger partial charge on any atom is -0.327 e. The van der Waals surface area contributed by atoms with Gasteiger partial charge in [0.25, 0.3) is 5.97 Å². The Labute approximate surface area is 110 Å². The van der Waals surface area contributed by atoms with Gasteiger partial charge in [0.05, 0.1) is 6.42 Å². The lowest BCUT2D eigenvalue weighted by atomic mass is 10.0. The van der Waals surface area contributed by atoms with E-state index in [0.717, 1.165) is 0 Å². The molecule has 0 aliphatic rings. The van der Waals surface area contributed by atoms with E-state index in [1.54, 1.807) is 0 Å². The molecule has 0 saturated carbocycles. The van der Waals surface area contributed by atoms with Crippen molar-refractivity contribution in [1.29, 1.82) is 0 Å². The molecular weight excluding hydrogens is 228 g/mol. The van der Waals surface area contributed by atoms with Crippen LogP contribution in [0.3, 0.4) is 0 Å². The van der Waals surface area contributed by atoms with Gasteiger partial charge in [-0.1, -0.05) is 24.3 Å². The molecule has 102 valence electrons. The first-order chi connectivity index (χ1) is 8.67. The third-order valence-electron chi connectivity index (χ3n) is 2.76. The molecule has 0 fully saturated rings. The van der Waals surface area contributed by atoms with Crippen LogP contribution in [-0.2, 0) is 20.6 Å². The van der Waals surface area contributed by atoms with Gasteiger partial charge in [-0.3, -0.25) is 0 Å². The molecular formula is C15H24O3. The zero-order valence-corrected chi connectivity index (χ0v) is 11.9. The maximum atomic E-state index is 5.72. The molecule has 0 radical (unpaired) electrons. The van der Waals surface area contributed by atoms with Crippen LogP contribution in [0.25, 0.3) is 0 Å². The Morgan fingerprint density at radius 1 is 0.889 bits per heavy atom. The first-order valence-electron chi connectivity index (χ1n) is 6.63. The minimum absolute atomic E-state index is 0.561. The summed E-state index contributed by atoms with van der Waals surface area (Å²) in [5.41, 5.74) is 2.41. The van der Waals surface area contributed by atoms with Crippen molar-refractivity contribution in [2.45, 2.75) is 40.1 Å². The smallest absolute Gasteiger partial charge is 0.287 e. The van der Waals surface area contributed by atoms with Crippen molar-refractivity contribution in [1.82, 2.24) is 0 Å². The third kappa shape index (κ3) is 4.09. The molecule has 18 heavy (non-hydrogen) atoms. The summed E-state index contributed by atoms with van der Waals surface area (Å²) >= 11 is 0. The van der Waals surface area contributed by atoms with Gasteiger partial charge < -0.3 is 14.2 Å². The Hall–Kier alpha value is -0.900. The van der Waals surface area contributed by atoms with Gasteiger partial charge in [-0.2, -0.15) is 0 Å². The molecule has 3 nitrogen and oxygen atoms in total. The number of rotatable bonds is 8. The maximum Gasteiger partial charge on any atom is 0.287 e. The van der Waals surface area contributed by atoms with E-state index in [2.05, 4.69) is 19.1 Å². The molecule has 0 aromatic heterocycles. The predicted molar refractivity (Wildman–Crippen MR) is 72.5 cm³/mol. The van der Waals surface area contributed by atoms with Crippen LogP contribution >= 0.6 is 0 Å². The summed E-state index contributed by atoms with van der Waals surface area (Å²) in [4.78, 5) is 0. The summed E-state index contributed by atoms with van der Waals surface area (Å²) < 4.78 is 17.2. The second-order valence-electron chi connectivity index (χ2n) is 4.09. The zero-order chi connectivity index (χ0) is 13.4. The van der Waals surface area contributed by atoms with Gasteiger partial charge in [0.15, 0.2) is 0 Å². The summed E-state index contributed by atoms with van der Waals surface area (Å²) in [5, 5.41) is 0. The van der Waals surface area contributed by atoms with Gasteiger partial charge in [-0.15, -0.1) is 0 Å². The molecule has 0 aliphatic carbocycles. The van der Waals surface area contributed by atoms with Crippen LogP contribution in [0.2, 0.25) is 0 Å². The average Bonchev–Trinajstić information content (AvgIpc) is 2.33.